The molecule has 1 N–H and O–H groups in total. The van der Waals surface area contributed by atoms with Gasteiger partial charge in [0.05, 0.1) is 37.9 Å². The lowest BCUT2D eigenvalue weighted by Crippen LogP contribution is -2.67. The highest BCUT2D eigenvalue weighted by atomic mass is 16.6. The standard InChI is InChI=1S/C64H82O7/c1-59(2)34-36-64(58(66)70-42-47-26-18-11-19-27-47)37-35-62(6)48(50(64)38-59)28-29-53-61(5)32-30-49(60(3,4)52(61)31-33-63(53,62)7)55-57(69-41-46-24-16-10-17-25-46)54(65)56(68-40-45-22-14-9-15-23-45)51(71-55)43-67-39-44-20-12-8-13-21-44/h8-28,49-57,65H,29-43H2,1-7H3/t49-,50?,51?,52?,53?,54?,55-,56+,57?,61-,62+,63+,64-/m0/s1. The highest BCUT2D eigenvalue weighted by Gasteiger charge is 2.70. The number of fused-ring (bicyclic) bond motifs is 7. The number of hydrogen-bond acceptors (Lipinski definition) is 7. The van der Waals surface area contributed by atoms with Crippen LogP contribution in [0.25, 0.3) is 0 Å². The molecule has 380 valence electrons. The van der Waals surface area contributed by atoms with Gasteiger partial charge < -0.3 is 28.8 Å². The van der Waals surface area contributed by atoms with Gasteiger partial charge in [-0.05, 0) is 137 Å². The zero-order valence-electron chi connectivity index (χ0n) is 43.8. The van der Waals surface area contributed by atoms with Crippen molar-refractivity contribution in [3.8, 4) is 0 Å². The Morgan fingerprint density at radius 1 is 0.620 bits per heavy atom. The number of aliphatic hydroxyl groups excluding tert-OH is 1. The van der Waals surface area contributed by atoms with E-state index in [1.54, 1.807) is 5.57 Å². The molecule has 0 amide bonds. The molecule has 0 aromatic heterocycles. The Morgan fingerprint density at radius 3 is 1.77 bits per heavy atom. The minimum absolute atomic E-state index is 0.0130. The Kier molecular flexibility index (Phi) is 14.2. The molecule has 7 nitrogen and oxygen atoms in total. The van der Waals surface area contributed by atoms with Crippen LogP contribution in [-0.4, -0.2) is 48.2 Å². The van der Waals surface area contributed by atoms with Gasteiger partial charge in [0, 0.05) is 0 Å². The van der Waals surface area contributed by atoms with Crippen molar-refractivity contribution in [3.05, 3.63) is 155 Å². The van der Waals surface area contributed by atoms with Crippen LogP contribution in [0.5, 0.6) is 0 Å². The molecule has 7 heteroatoms. The van der Waals surface area contributed by atoms with Gasteiger partial charge in [-0.2, -0.15) is 0 Å². The average Bonchev–Trinajstić information content (AvgIpc) is 3.36. The fraction of sp³-hybridized carbons (Fsp3) is 0.578. The maximum absolute atomic E-state index is 14.7. The van der Waals surface area contributed by atoms with Crippen LogP contribution < -0.4 is 0 Å². The van der Waals surface area contributed by atoms with E-state index < -0.39 is 29.8 Å². The van der Waals surface area contributed by atoms with E-state index in [-0.39, 0.29) is 51.0 Å². The molecule has 6 aliphatic rings. The van der Waals surface area contributed by atoms with Gasteiger partial charge in [-0.15, -0.1) is 0 Å². The van der Waals surface area contributed by atoms with Crippen LogP contribution in [0.15, 0.2) is 133 Å². The number of esters is 1. The van der Waals surface area contributed by atoms with E-state index in [2.05, 4.69) is 103 Å². The molecule has 10 rings (SSSR count). The molecule has 4 aromatic rings. The molecule has 5 aliphatic carbocycles. The largest absolute Gasteiger partial charge is 0.460 e. The van der Waals surface area contributed by atoms with Gasteiger partial charge in [-0.1, -0.05) is 181 Å². The van der Waals surface area contributed by atoms with Gasteiger partial charge in [0.25, 0.3) is 0 Å². The van der Waals surface area contributed by atoms with Crippen LogP contribution in [0.3, 0.4) is 0 Å². The summed E-state index contributed by atoms with van der Waals surface area (Å²) in [5.74, 6) is 1.27. The zero-order chi connectivity index (χ0) is 49.7. The van der Waals surface area contributed by atoms with Crippen LogP contribution in [0.2, 0.25) is 0 Å². The maximum Gasteiger partial charge on any atom is 0.313 e. The summed E-state index contributed by atoms with van der Waals surface area (Å²) in [6, 6.07) is 40.9. The fourth-order valence-corrected chi connectivity index (χ4v) is 16.3. The SMILES string of the molecule is CC1(C)CC[C@]2(C(=O)OCc3ccccc3)CC[C@]3(C)C(=CCC4[C@@]5(C)CC[C@@H]([C@@H]6OC(COCc7ccccc7)[C@@H](OCc7ccccc7)C(O)C6OCc6ccccc6)C(C)(C)C5CC[C@]43C)C2C1. The lowest BCUT2D eigenvalue weighted by Gasteiger charge is -2.72. The summed E-state index contributed by atoms with van der Waals surface area (Å²) in [5.41, 5.74) is 5.52. The molecule has 4 saturated carbocycles. The molecular weight excluding hydrogens is 881 g/mol. The highest BCUT2D eigenvalue weighted by molar-refractivity contribution is 5.79. The Hall–Kier alpha value is -4.11. The first kappa shape index (κ1) is 50.4. The van der Waals surface area contributed by atoms with E-state index in [4.69, 9.17) is 23.7 Å². The average molecular weight is 963 g/mol. The first-order valence-electron chi connectivity index (χ1n) is 27.3. The van der Waals surface area contributed by atoms with Crippen LogP contribution in [0.4, 0.5) is 0 Å². The second kappa shape index (κ2) is 20.0. The Bertz CT molecular complexity index is 2450. The molecule has 71 heavy (non-hydrogen) atoms. The third kappa shape index (κ3) is 9.32. The van der Waals surface area contributed by atoms with Gasteiger partial charge in [0.15, 0.2) is 0 Å². The van der Waals surface area contributed by atoms with Gasteiger partial charge in [-0.3, -0.25) is 4.79 Å². The predicted octanol–water partition coefficient (Wildman–Crippen LogP) is 13.7. The van der Waals surface area contributed by atoms with E-state index in [0.29, 0.717) is 44.9 Å². The smallest absolute Gasteiger partial charge is 0.313 e. The van der Waals surface area contributed by atoms with Crippen molar-refractivity contribution < 1.29 is 33.6 Å². The molecule has 5 fully saturated rings. The Balaban J connectivity index is 0.937. The molecule has 6 unspecified atom stereocenters. The summed E-state index contributed by atoms with van der Waals surface area (Å²) in [5, 5.41) is 12.8. The molecule has 13 atom stereocenters. The third-order valence-corrected chi connectivity index (χ3v) is 20.4. The Morgan fingerprint density at radius 2 is 1.17 bits per heavy atom. The van der Waals surface area contributed by atoms with Crippen molar-refractivity contribution in [1.29, 1.82) is 0 Å². The minimum Gasteiger partial charge on any atom is -0.460 e. The lowest BCUT2D eigenvalue weighted by atomic mass is 9.33. The third-order valence-electron chi connectivity index (χ3n) is 20.4. The molecular formula is C64H82O7. The predicted molar refractivity (Wildman–Crippen MR) is 280 cm³/mol. The number of rotatable bonds is 14. The topological polar surface area (TPSA) is 83.5 Å². The van der Waals surface area contributed by atoms with Crippen molar-refractivity contribution in [3.63, 3.8) is 0 Å². The summed E-state index contributed by atoms with van der Waals surface area (Å²) in [6.07, 6.45) is 9.87. The van der Waals surface area contributed by atoms with E-state index >= 15 is 0 Å². The summed E-state index contributed by atoms with van der Waals surface area (Å²) in [6.45, 7) is 19.6. The molecule has 0 radical (unpaired) electrons. The van der Waals surface area contributed by atoms with Crippen LogP contribution in [0.1, 0.15) is 135 Å². The van der Waals surface area contributed by atoms with Crippen LogP contribution in [-0.2, 0) is 54.9 Å². The van der Waals surface area contributed by atoms with Crippen molar-refractivity contribution in [1.82, 2.24) is 0 Å². The normalized spacial score (nSPS) is 37.0. The monoisotopic (exact) mass is 963 g/mol. The number of carbonyl (C=O) groups excluding carboxylic acids is 1. The van der Waals surface area contributed by atoms with Gasteiger partial charge in [-0.25, -0.2) is 0 Å². The second-order valence-corrected chi connectivity index (χ2v) is 25.1. The first-order valence-corrected chi connectivity index (χ1v) is 27.3. The Labute approximate surface area is 425 Å². The minimum atomic E-state index is -0.939. The summed E-state index contributed by atoms with van der Waals surface area (Å²) in [4.78, 5) is 14.7. The quantitative estimate of drug-likeness (QED) is 0.0995. The molecule has 1 heterocycles. The fourth-order valence-electron chi connectivity index (χ4n) is 16.3. The molecule has 1 saturated heterocycles. The zero-order valence-corrected chi connectivity index (χ0v) is 43.8. The summed E-state index contributed by atoms with van der Waals surface area (Å²) < 4.78 is 33.9. The molecule has 1 aliphatic heterocycles. The van der Waals surface area contributed by atoms with Crippen LogP contribution in [0, 0.1) is 56.2 Å². The van der Waals surface area contributed by atoms with E-state index in [1.807, 2.05) is 72.8 Å². The number of hydrogen-bond donors (Lipinski definition) is 1. The van der Waals surface area contributed by atoms with Gasteiger partial charge in [0.2, 0.25) is 0 Å². The number of carbonyl (C=O) groups is 1. The molecule has 4 aromatic carbocycles. The van der Waals surface area contributed by atoms with E-state index in [9.17, 15) is 9.90 Å². The van der Waals surface area contributed by atoms with Crippen LogP contribution >= 0.6 is 0 Å². The van der Waals surface area contributed by atoms with Crippen molar-refractivity contribution in [2.75, 3.05) is 6.61 Å². The van der Waals surface area contributed by atoms with Gasteiger partial charge >= 0.3 is 5.97 Å². The second-order valence-electron chi connectivity index (χ2n) is 25.1. The lowest BCUT2D eigenvalue weighted by molar-refractivity contribution is -0.289. The number of ether oxygens (including phenoxy) is 5. The number of allylic oxidation sites excluding steroid dienone is 2. The molecule has 0 bridgehead atoms. The van der Waals surface area contributed by atoms with Crippen molar-refractivity contribution >= 4 is 5.97 Å². The summed E-state index contributed by atoms with van der Waals surface area (Å²) in [7, 11) is 0. The highest BCUT2D eigenvalue weighted by Crippen LogP contribution is 2.76. The van der Waals surface area contributed by atoms with Crippen molar-refractivity contribution in [2.45, 2.75) is 170 Å². The van der Waals surface area contributed by atoms with E-state index in [1.165, 1.54) is 0 Å². The summed E-state index contributed by atoms with van der Waals surface area (Å²) >= 11 is 0. The number of aliphatic hydroxyl groups is 1. The first-order chi connectivity index (χ1) is 34.1. The van der Waals surface area contributed by atoms with Crippen molar-refractivity contribution in [2.24, 2.45) is 56.2 Å². The van der Waals surface area contributed by atoms with Gasteiger partial charge in [0.1, 0.15) is 31.0 Å². The maximum atomic E-state index is 14.7. The molecule has 0 spiro atoms. The number of benzene rings is 4. The van der Waals surface area contributed by atoms with E-state index in [0.717, 1.165) is 86.5 Å².